The van der Waals surface area contributed by atoms with Gasteiger partial charge < -0.3 is 4.42 Å². The lowest BCUT2D eigenvalue weighted by Gasteiger charge is -2.02. The van der Waals surface area contributed by atoms with Gasteiger partial charge in [0.15, 0.2) is 9.84 Å². The monoisotopic (exact) mass is 423 g/mol. The van der Waals surface area contributed by atoms with Crippen molar-refractivity contribution < 1.29 is 17.6 Å². The van der Waals surface area contributed by atoms with Gasteiger partial charge in [-0.3, -0.25) is 10.1 Å². The maximum Gasteiger partial charge on any atom is 0.322 e. The highest BCUT2D eigenvalue weighted by molar-refractivity contribution is 8.00. The Bertz CT molecular complexity index is 1020. The highest BCUT2D eigenvalue weighted by Gasteiger charge is 2.20. The molecule has 0 aliphatic carbocycles. The zero-order chi connectivity index (χ0) is 19.3. The van der Waals surface area contributed by atoms with Crippen LogP contribution in [0, 0.1) is 0 Å². The summed E-state index contributed by atoms with van der Waals surface area (Å²) in [6, 6.07) is 14.9. The molecule has 0 fully saturated rings. The van der Waals surface area contributed by atoms with Gasteiger partial charge in [0.1, 0.15) is 5.75 Å². The molecule has 3 rings (SSSR count). The highest BCUT2D eigenvalue weighted by Crippen LogP contribution is 2.21. The van der Waals surface area contributed by atoms with Gasteiger partial charge in [-0.15, -0.1) is 16.9 Å². The molecule has 7 nitrogen and oxygen atoms in total. The SMILES string of the molecule is O=C(CSc1ccc(Cl)cc1)Nc1nnc(CS(=O)(=O)c2ccccc2)o1. The number of thioether (sulfide) groups is 1. The van der Waals surface area contributed by atoms with Crippen LogP contribution in [0.3, 0.4) is 0 Å². The van der Waals surface area contributed by atoms with Crippen molar-refractivity contribution in [2.24, 2.45) is 0 Å². The predicted octanol–water partition coefficient (Wildman–Crippen LogP) is 3.43. The molecule has 0 unspecified atom stereocenters. The molecule has 1 N–H and O–H groups in total. The van der Waals surface area contributed by atoms with Crippen molar-refractivity contribution in [2.45, 2.75) is 15.5 Å². The maximum atomic E-state index is 12.3. The van der Waals surface area contributed by atoms with Crippen LogP contribution in [0.5, 0.6) is 0 Å². The molecule has 140 valence electrons. The Labute approximate surface area is 165 Å². The number of aromatic nitrogens is 2. The Morgan fingerprint density at radius 1 is 1.07 bits per heavy atom. The van der Waals surface area contributed by atoms with Crippen molar-refractivity contribution in [3.63, 3.8) is 0 Å². The molecular formula is C17H14ClN3O4S2. The van der Waals surface area contributed by atoms with Gasteiger partial charge in [-0.05, 0) is 36.4 Å². The molecule has 27 heavy (non-hydrogen) atoms. The summed E-state index contributed by atoms with van der Waals surface area (Å²) in [5, 5.41) is 10.4. The fourth-order valence-electron chi connectivity index (χ4n) is 2.07. The molecule has 1 aromatic heterocycles. The number of nitrogens with one attached hydrogen (secondary N) is 1. The Morgan fingerprint density at radius 3 is 2.48 bits per heavy atom. The molecule has 10 heteroatoms. The number of hydrogen-bond donors (Lipinski definition) is 1. The normalized spacial score (nSPS) is 11.3. The van der Waals surface area contributed by atoms with Gasteiger partial charge in [-0.25, -0.2) is 8.42 Å². The lowest BCUT2D eigenvalue weighted by Crippen LogP contribution is -2.14. The maximum absolute atomic E-state index is 12.3. The summed E-state index contributed by atoms with van der Waals surface area (Å²) in [6.45, 7) is 0. The first-order valence-corrected chi connectivity index (χ1v) is 10.7. The molecule has 2 aromatic carbocycles. The predicted molar refractivity (Wildman–Crippen MR) is 102 cm³/mol. The first-order chi connectivity index (χ1) is 12.9. The van der Waals surface area contributed by atoms with Crippen LogP contribution in [0.2, 0.25) is 5.02 Å². The standard InChI is InChI=1S/C17H14ClN3O4S2/c18-12-6-8-13(9-7-12)26-10-15(22)19-17-21-20-16(25-17)11-27(23,24)14-4-2-1-3-5-14/h1-9H,10-11H2,(H,19,21,22). The fourth-order valence-corrected chi connectivity index (χ4v) is 4.08. The van der Waals surface area contributed by atoms with Crippen LogP contribution in [-0.2, 0) is 20.4 Å². The van der Waals surface area contributed by atoms with Gasteiger partial charge in [0, 0.05) is 9.92 Å². The molecular weight excluding hydrogens is 410 g/mol. The third-order valence-corrected chi connectivity index (χ3v) is 6.19. The van der Waals surface area contributed by atoms with Crippen molar-refractivity contribution in [3.05, 3.63) is 65.5 Å². The van der Waals surface area contributed by atoms with E-state index in [1.807, 2.05) is 0 Å². The quantitative estimate of drug-likeness (QED) is 0.580. The Balaban J connectivity index is 1.56. The number of rotatable bonds is 7. The van der Waals surface area contributed by atoms with Crippen LogP contribution in [0.15, 0.2) is 68.8 Å². The highest BCUT2D eigenvalue weighted by atomic mass is 35.5. The van der Waals surface area contributed by atoms with Gasteiger partial charge in [0.25, 0.3) is 0 Å². The summed E-state index contributed by atoms with van der Waals surface area (Å²) in [5.74, 6) is -0.767. The summed E-state index contributed by atoms with van der Waals surface area (Å²) < 4.78 is 29.8. The summed E-state index contributed by atoms with van der Waals surface area (Å²) in [7, 11) is -3.60. The van der Waals surface area contributed by atoms with Crippen molar-refractivity contribution in [3.8, 4) is 0 Å². The summed E-state index contributed by atoms with van der Waals surface area (Å²) in [4.78, 5) is 13.0. The second-order valence-corrected chi connectivity index (χ2v) is 8.84. The number of sulfone groups is 1. The second kappa shape index (κ2) is 8.55. The molecule has 0 atom stereocenters. The molecule has 0 saturated heterocycles. The molecule has 0 aliphatic heterocycles. The average molecular weight is 424 g/mol. The number of carbonyl (C=O) groups excluding carboxylic acids is 1. The van der Waals surface area contributed by atoms with E-state index in [4.69, 9.17) is 16.0 Å². The van der Waals surface area contributed by atoms with E-state index in [1.165, 1.54) is 23.9 Å². The zero-order valence-corrected chi connectivity index (χ0v) is 16.2. The summed E-state index contributed by atoms with van der Waals surface area (Å²) >= 11 is 7.12. The molecule has 3 aromatic rings. The van der Waals surface area contributed by atoms with E-state index < -0.39 is 15.6 Å². The van der Waals surface area contributed by atoms with E-state index >= 15 is 0 Å². The van der Waals surface area contributed by atoms with E-state index in [1.54, 1.807) is 42.5 Å². The van der Waals surface area contributed by atoms with E-state index in [0.29, 0.717) is 5.02 Å². The molecule has 0 radical (unpaired) electrons. The van der Waals surface area contributed by atoms with E-state index in [0.717, 1.165) is 4.90 Å². The number of benzene rings is 2. The minimum Gasteiger partial charge on any atom is -0.407 e. The molecule has 0 spiro atoms. The van der Waals surface area contributed by atoms with Crippen LogP contribution in [0.4, 0.5) is 6.01 Å². The first-order valence-electron chi connectivity index (χ1n) is 7.71. The fraction of sp³-hybridized carbons (Fsp3) is 0.118. The average Bonchev–Trinajstić information content (AvgIpc) is 3.08. The number of nitrogens with zero attached hydrogens (tertiary/aromatic N) is 2. The number of carbonyl (C=O) groups is 1. The molecule has 0 aliphatic rings. The minimum absolute atomic E-state index is 0.0977. The molecule has 1 amide bonds. The van der Waals surface area contributed by atoms with Crippen molar-refractivity contribution in [1.29, 1.82) is 0 Å². The van der Waals surface area contributed by atoms with Crippen LogP contribution in [0.1, 0.15) is 5.89 Å². The number of halogens is 1. The molecule has 0 saturated carbocycles. The van der Waals surface area contributed by atoms with Gasteiger partial charge in [-0.2, -0.15) is 0 Å². The Morgan fingerprint density at radius 2 is 1.78 bits per heavy atom. The second-order valence-electron chi connectivity index (χ2n) is 5.36. The summed E-state index contributed by atoms with van der Waals surface area (Å²) in [5.41, 5.74) is 0. The van der Waals surface area contributed by atoms with Crippen LogP contribution in [0.25, 0.3) is 0 Å². The van der Waals surface area contributed by atoms with Crippen LogP contribution in [-0.4, -0.2) is 30.3 Å². The van der Waals surface area contributed by atoms with Crippen molar-refractivity contribution in [2.75, 3.05) is 11.1 Å². The molecule has 0 bridgehead atoms. The van der Waals surface area contributed by atoms with E-state index in [-0.39, 0.29) is 28.5 Å². The Kier molecular flexibility index (Phi) is 6.15. The summed E-state index contributed by atoms with van der Waals surface area (Å²) in [6.07, 6.45) is 0. The third kappa shape index (κ3) is 5.56. The van der Waals surface area contributed by atoms with E-state index in [2.05, 4.69) is 15.5 Å². The largest absolute Gasteiger partial charge is 0.407 e. The lowest BCUT2D eigenvalue weighted by atomic mass is 10.4. The topological polar surface area (TPSA) is 102 Å². The number of hydrogen-bond acceptors (Lipinski definition) is 7. The molecule has 1 heterocycles. The number of amides is 1. The van der Waals surface area contributed by atoms with Gasteiger partial charge in [0.2, 0.25) is 11.8 Å². The minimum atomic E-state index is -3.60. The van der Waals surface area contributed by atoms with Crippen molar-refractivity contribution in [1.82, 2.24) is 10.2 Å². The first kappa shape index (κ1) is 19.4. The van der Waals surface area contributed by atoms with Gasteiger partial charge in [-0.1, -0.05) is 34.9 Å². The zero-order valence-electron chi connectivity index (χ0n) is 13.8. The third-order valence-electron chi connectivity index (χ3n) is 3.31. The van der Waals surface area contributed by atoms with Gasteiger partial charge in [0.05, 0.1) is 10.6 Å². The Hall–Kier alpha value is -2.36. The van der Waals surface area contributed by atoms with Crippen LogP contribution >= 0.6 is 23.4 Å². The lowest BCUT2D eigenvalue weighted by molar-refractivity contribution is -0.113. The number of anilines is 1. The van der Waals surface area contributed by atoms with Crippen LogP contribution < -0.4 is 5.32 Å². The van der Waals surface area contributed by atoms with Gasteiger partial charge >= 0.3 is 6.01 Å². The smallest absolute Gasteiger partial charge is 0.322 e. The van der Waals surface area contributed by atoms with E-state index in [9.17, 15) is 13.2 Å². The van der Waals surface area contributed by atoms with Crippen molar-refractivity contribution >= 4 is 45.1 Å².